The lowest BCUT2D eigenvalue weighted by molar-refractivity contribution is 0.0502. The number of terminal acetylenes is 1. The number of hydrogen-bond donors (Lipinski definition) is 1. The number of esters is 1. The van der Waals surface area contributed by atoms with E-state index in [9.17, 15) is 4.79 Å². The first-order valence-corrected chi connectivity index (χ1v) is 7.19. The Bertz CT molecular complexity index is 704. The topological polar surface area (TPSA) is 53.4 Å². The number of carbonyl (C=O) groups is 1. The summed E-state index contributed by atoms with van der Waals surface area (Å²) < 4.78 is 12.1. The van der Waals surface area contributed by atoms with Gasteiger partial charge in [-0.05, 0) is 31.4 Å². The van der Waals surface area contributed by atoms with E-state index >= 15 is 0 Å². The molecule has 1 heterocycles. The van der Waals surface area contributed by atoms with Crippen LogP contribution in [0.1, 0.15) is 34.8 Å². The third-order valence-electron chi connectivity index (χ3n) is 2.90. The predicted molar refractivity (Wildman–Crippen MR) is 85.9 cm³/mol. The summed E-state index contributed by atoms with van der Waals surface area (Å²) in [6.45, 7) is 2.42. The maximum absolute atomic E-state index is 12.1. The van der Waals surface area contributed by atoms with Gasteiger partial charge in [-0.3, -0.25) is 0 Å². The number of nitrogens with zero attached hydrogens (tertiary/aromatic N) is 2. The molecule has 1 aromatic heterocycles. The monoisotopic (exact) mass is 316 g/mol. The fourth-order valence-corrected chi connectivity index (χ4v) is 2.02. The second-order valence-corrected chi connectivity index (χ2v) is 4.88. The molecule has 22 heavy (non-hydrogen) atoms. The molecular formula is C16H16N2O3S. The van der Waals surface area contributed by atoms with E-state index in [1.807, 2.05) is 6.92 Å². The minimum absolute atomic E-state index is 0.127. The highest BCUT2D eigenvalue weighted by atomic mass is 32.1. The van der Waals surface area contributed by atoms with Crippen molar-refractivity contribution in [2.24, 2.45) is 0 Å². The van der Waals surface area contributed by atoms with Gasteiger partial charge in [-0.1, -0.05) is 18.9 Å². The maximum Gasteiger partial charge on any atom is 0.338 e. The van der Waals surface area contributed by atoms with E-state index in [-0.39, 0.29) is 6.61 Å². The van der Waals surface area contributed by atoms with Gasteiger partial charge in [0.25, 0.3) is 0 Å². The molecule has 0 saturated heterocycles. The van der Waals surface area contributed by atoms with Crippen LogP contribution in [-0.4, -0.2) is 21.8 Å². The van der Waals surface area contributed by atoms with Crippen molar-refractivity contribution >= 4 is 18.8 Å². The van der Waals surface area contributed by atoms with Crippen LogP contribution in [0, 0.1) is 12.3 Å². The molecule has 0 aliphatic heterocycles. The van der Waals surface area contributed by atoms with Crippen LogP contribution in [0.4, 0.5) is 0 Å². The summed E-state index contributed by atoms with van der Waals surface area (Å²) in [5.74, 6) is 2.55. The third kappa shape index (κ3) is 3.83. The average molecular weight is 316 g/mol. The highest BCUT2D eigenvalue weighted by Crippen LogP contribution is 2.18. The molecule has 6 heteroatoms. The van der Waals surface area contributed by atoms with Gasteiger partial charge in [0, 0.05) is 23.4 Å². The number of hydrogen-bond acceptors (Lipinski definition) is 5. The SMILES string of the molecule is C#Cc1cccc(C(=O)OCCC)c1COc1ccn(S)n1. The molecule has 0 amide bonds. The highest BCUT2D eigenvalue weighted by molar-refractivity contribution is 7.78. The Morgan fingerprint density at radius 2 is 2.27 bits per heavy atom. The van der Waals surface area contributed by atoms with Crippen molar-refractivity contribution in [1.29, 1.82) is 0 Å². The van der Waals surface area contributed by atoms with Crippen molar-refractivity contribution in [2.75, 3.05) is 6.61 Å². The molecule has 2 rings (SSSR count). The van der Waals surface area contributed by atoms with Crippen LogP contribution in [0.3, 0.4) is 0 Å². The molecule has 0 N–H and O–H groups in total. The molecule has 0 aliphatic rings. The van der Waals surface area contributed by atoms with Crippen molar-refractivity contribution in [2.45, 2.75) is 20.0 Å². The summed E-state index contributed by atoms with van der Waals surface area (Å²) >= 11 is 4.03. The zero-order chi connectivity index (χ0) is 15.9. The second-order valence-electron chi connectivity index (χ2n) is 4.47. The molecule has 0 unspecified atom stereocenters. The van der Waals surface area contributed by atoms with Crippen molar-refractivity contribution in [3.05, 3.63) is 47.2 Å². The zero-order valence-electron chi connectivity index (χ0n) is 12.2. The van der Waals surface area contributed by atoms with Crippen LogP contribution in [0.5, 0.6) is 5.88 Å². The molecule has 0 atom stereocenters. The Labute approximate surface area is 134 Å². The first kappa shape index (κ1) is 16.0. The van der Waals surface area contributed by atoms with E-state index in [1.54, 1.807) is 30.5 Å². The summed E-state index contributed by atoms with van der Waals surface area (Å²) in [5.41, 5.74) is 1.62. The quantitative estimate of drug-likeness (QED) is 0.506. The molecule has 5 nitrogen and oxygen atoms in total. The van der Waals surface area contributed by atoms with Gasteiger partial charge in [0.1, 0.15) is 6.61 Å². The van der Waals surface area contributed by atoms with Crippen molar-refractivity contribution in [3.8, 4) is 18.2 Å². The molecule has 2 aromatic rings. The van der Waals surface area contributed by atoms with Crippen LogP contribution in [-0.2, 0) is 11.3 Å². The summed E-state index contributed by atoms with van der Waals surface area (Å²) in [5, 5.41) is 4.00. The lowest BCUT2D eigenvalue weighted by atomic mass is 10.0. The average Bonchev–Trinajstić information content (AvgIpc) is 2.95. The van der Waals surface area contributed by atoms with Gasteiger partial charge in [0.2, 0.25) is 5.88 Å². The Balaban J connectivity index is 2.23. The Kier molecular flexibility index (Phi) is 5.50. The number of benzene rings is 1. The zero-order valence-corrected chi connectivity index (χ0v) is 13.0. The van der Waals surface area contributed by atoms with E-state index in [0.29, 0.717) is 29.2 Å². The maximum atomic E-state index is 12.1. The van der Waals surface area contributed by atoms with E-state index in [4.69, 9.17) is 15.9 Å². The molecule has 0 fully saturated rings. The number of rotatable bonds is 6. The first-order valence-electron chi connectivity index (χ1n) is 6.79. The Morgan fingerprint density at radius 3 is 2.91 bits per heavy atom. The van der Waals surface area contributed by atoms with Crippen LogP contribution < -0.4 is 4.74 Å². The van der Waals surface area contributed by atoms with Crippen molar-refractivity contribution in [3.63, 3.8) is 0 Å². The van der Waals surface area contributed by atoms with Gasteiger partial charge in [0.05, 0.1) is 12.2 Å². The molecule has 0 radical (unpaired) electrons. The summed E-state index contributed by atoms with van der Waals surface area (Å²) in [4.78, 5) is 12.1. The third-order valence-corrected chi connectivity index (χ3v) is 3.13. The smallest absolute Gasteiger partial charge is 0.338 e. The van der Waals surface area contributed by atoms with Gasteiger partial charge in [-0.25, -0.2) is 8.88 Å². The standard InChI is InChI=1S/C16H16N2O3S/c1-3-10-20-16(19)13-7-5-6-12(4-2)14(13)11-21-15-8-9-18(22)17-15/h2,5-9,22H,3,10-11H2,1H3. The minimum Gasteiger partial charge on any atom is -0.472 e. The predicted octanol–water partition coefficient (Wildman–Crippen LogP) is 2.70. The molecule has 114 valence electrons. The van der Waals surface area contributed by atoms with Crippen molar-refractivity contribution in [1.82, 2.24) is 9.19 Å². The number of carbonyl (C=O) groups excluding carboxylic acids is 1. The highest BCUT2D eigenvalue weighted by Gasteiger charge is 2.16. The largest absolute Gasteiger partial charge is 0.472 e. The summed E-state index contributed by atoms with van der Waals surface area (Å²) in [6.07, 6.45) is 7.90. The molecule has 1 aromatic carbocycles. The summed E-state index contributed by atoms with van der Waals surface area (Å²) in [7, 11) is 0. The fraction of sp³-hybridized carbons (Fsp3) is 0.250. The van der Waals surface area contributed by atoms with E-state index < -0.39 is 5.97 Å². The van der Waals surface area contributed by atoms with Gasteiger partial charge >= 0.3 is 5.97 Å². The van der Waals surface area contributed by atoms with Crippen LogP contribution >= 0.6 is 12.8 Å². The lowest BCUT2D eigenvalue weighted by Gasteiger charge is -2.11. The fourth-order valence-electron chi connectivity index (χ4n) is 1.86. The van der Waals surface area contributed by atoms with E-state index in [1.165, 1.54) is 4.09 Å². The van der Waals surface area contributed by atoms with Gasteiger partial charge in [-0.15, -0.1) is 11.5 Å². The number of thiol groups is 1. The normalized spacial score (nSPS) is 10.0. The van der Waals surface area contributed by atoms with E-state index in [0.717, 1.165) is 6.42 Å². The Morgan fingerprint density at radius 1 is 1.45 bits per heavy atom. The first-order chi connectivity index (χ1) is 10.7. The molecule has 0 bridgehead atoms. The Hall–Kier alpha value is -2.39. The van der Waals surface area contributed by atoms with Crippen LogP contribution in [0.15, 0.2) is 30.5 Å². The van der Waals surface area contributed by atoms with Crippen LogP contribution in [0.25, 0.3) is 0 Å². The summed E-state index contributed by atoms with van der Waals surface area (Å²) in [6, 6.07) is 6.82. The molecule has 0 spiro atoms. The van der Waals surface area contributed by atoms with Crippen LogP contribution in [0.2, 0.25) is 0 Å². The minimum atomic E-state index is -0.405. The van der Waals surface area contributed by atoms with Crippen molar-refractivity contribution < 1.29 is 14.3 Å². The second kappa shape index (κ2) is 7.57. The van der Waals surface area contributed by atoms with Gasteiger partial charge < -0.3 is 9.47 Å². The van der Waals surface area contributed by atoms with E-state index in [2.05, 4.69) is 23.8 Å². The lowest BCUT2D eigenvalue weighted by Crippen LogP contribution is -2.12. The molecule has 0 aliphatic carbocycles. The number of ether oxygens (including phenoxy) is 2. The molecule has 0 saturated carbocycles. The molecular weight excluding hydrogens is 300 g/mol. The van der Waals surface area contributed by atoms with Gasteiger partial charge in [0.15, 0.2) is 0 Å². The number of aromatic nitrogens is 2. The van der Waals surface area contributed by atoms with Gasteiger partial charge in [-0.2, -0.15) is 0 Å².